The molecule has 0 fully saturated rings. The van der Waals surface area contributed by atoms with Crippen molar-refractivity contribution in [1.29, 1.82) is 0 Å². The van der Waals surface area contributed by atoms with Crippen LogP contribution in [0.4, 0.5) is 5.69 Å². The van der Waals surface area contributed by atoms with E-state index in [1.807, 2.05) is 72.8 Å². The fourth-order valence-electron chi connectivity index (χ4n) is 4.57. The van der Waals surface area contributed by atoms with Crippen LogP contribution in [0.5, 0.6) is 0 Å². The van der Waals surface area contributed by atoms with Gasteiger partial charge < -0.3 is 15.6 Å². The van der Waals surface area contributed by atoms with Crippen molar-refractivity contribution in [2.45, 2.75) is 12.0 Å². The molecule has 8 heteroatoms. The van der Waals surface area contributed by atoms with Crippen LogP contribution in [0.2, 0.25) is 0 Å². The number of aryl methyl sites for hydroxylation is 1. The Morgan fingerprint density at radius 2 is 1.41 bits per heavy atom. The van der Waals surface area contributed by atoms with Crippen molar-refractivity contribution in [2.75, 3.05) is 5.32 Å². The fraction of sp³-hybridized carbons (Fsp3) is 0.0968. The highest BCUT2D eigenvalue weighted by molar-refractivity contribution is 6.01. The van der Waals surface area contributed by atoms with Crippen molar-refractivity contribution in [3.8, 4) is 11.1 Å². The Balaban J connectivity index is 1.48. The van der Waals surface area contributed by atoms with Crippen molar-refractivity contribution in [3.63, 3.8) is 0 Å². The van der Waals surface area contributed by atoms with Crippen molar-refractivity contribution >= 4 is 17.5 Å². The van der Waals surface area contributed by atoms with Gasteiger partial charge in [0.25, 0.3) is 5.91 Å². The lowest BCUT2D eigenvalue weighted by molar-refractivity contribution is -0.118. The van der Waals surface area contributed by atoms with Crippen LogP contribution in [0.3, 0.4) is 0 Å². The van der Waals surface area contributed by atoms with Gasteiger partial charge in [0.2, 0.25) is 11.5 Å². The molecule has 2 amide bonds. The molecule has 0 unspecified atom stereocenters. The van der Waals surface area contributed by atoms with E-state index in [1.54, 1.807) is 43.7 Å². The van der Waals surface area contributed by atoms with E-state index < -0.39 is 17.9 Å². The van der Waals surface area contributed by atoms with Crippen LogP contribution in [-0.2, 0) is 11.8 Å². The molecular weight excluding hydrogens is 490 g/mol. The van der Waals surface area contributed by atoms with Crippen molar-refractivity contribution in [2.24, 2.45) is 7.05 Å². The fourth-order valence-corrected chi connectivity index (χ4v) is 4.57. The number of anilines is 1. The molecule has 2 heterocycles. The SMILES string of the molecule is Cn1nccc1C(=O)N[C@H](C(=O)Nc1ccc(-c2ccc(=O)[nH]c2)cc1)C(c1ccccc1)c1ccccc1. The van der Waals surface area contributed by atoms with E-state index in [9.17, 15) is 14.4 Å². The number of aromatic nitrogens is 3. The summed E-state index contributed by atoms with van der Waals surface area (Å²) in [4.78, 5) is 41.3. The van der Waals surface area contributed by atoms with Gasteiger partial charge in [-0.1, -0.05) is 72.8 Å². The molecule has 8 nitrogen and oxygen atoms in total. The highest BCUT2D eigenvalue weighted by Gasteiger charge is 2.33. The Labute approximate surface area is 225 Å². The molecule has 3 N–H and O–H groups in total. The van der Waals surface area contributed by atoms with Gasteiger partial charge in [-0.15, -0.1) is 0 Å². The van der Waals surface area contributed by atoms with Crippen LogP contribution in [0.15, 0.2) is 120 Å². The molecule has 3 aromatic carbocycles. The van der Waals surface area contributed by atoms with Gasteiger partial charge in [-0.25, -0.2) is 0 Å². The summed E-state index contributed by atoms with van der Waals surface area (Å²) in [6.45, 7) is 0. The summed E-state index contributed by atoms with van der Waals surface area (Å²) in [5.41, 5.74) is 4.27. The Bertz CT molecular complexity index is 1570. The second kappa shape index (κ2) is 11.4. The zero-order valence-corrected chi connectivity index (χ0v) is 21.2. The minimum atomic E-state index is -0.934. The lowest BCUT2D eigenvalue weighted by Gasteiger charge is -2.28. The molecule has 0 spiro atoms. The van der Waals surface area contributed by atoms with E-state index in [4.69, 9.17) is 0 Å². The van der Waals surface area contributed by atoms with E-state index in [-0.39, 0.29) is 11.5 Å². The van der Waals surface area contributed by atoms with Gasteiger partial charge in [-0.3, -0.25) is 19.1 Å². The molecule has 1 atom stereocenters. The monoisotopic (exact) mass is 517 g/mol. The Kier molecular flexibility index (Phi) is 7.45. The standard InChI is InChI=1S/C31H27N5O3/c1-36-26(18-19-33-36)30(38)35-29(28(22-8-4-2-5-9-22)23-10-6-3-7-11-23)31(39)34-25-15-12-21(13-16-25)24-14-17-27(37)32-20-24/h2-20,28-29H,1H3,(H,32,37)(H,34,39)(H,35,38)/t29-/m0/s1. The molecule has 0 saturated carbocycles. The van der Waals surface area contributed by atoms with Gasteiger partial charge in [0.15, 0.2) is 0 Å². The maximum absolute atomic E-state index is 13.9. The molecule has 2 aromatic heterocycles. The molecule has 0 aliphatic heterocycles. The third-order valence-electron chi connectivity index (χ3n) is 6.54. The largest absolute Gasteiger partial charge is 0.338 e. The van der Waals surface area contributed by atoms with Crippen LogP contribution in [0.25, 0.3) is 11.1 Å². The Morgan fingerprint density at radius 1 is 0.795 bits per heavy atom. The summed E-state index contributed by atoms with van der Waals surface area (Å²) in [5.74, 6) is -1.22. The number of aromatic amines is 1. The number of rotatable bonds is 8. The first-order valence-corrected chi connectivity index (χ1v) is 12.5. The van der Waals surface area contributed by atoms with Crippen LogP contribution in [0.1, 0.15) is 27.5 Å². The molecule has 0 saturated heterocycles. The van der Waals surface area contributed by atoms with Gasteiger partial charge >= 0.3 is 0 Å². The number of benzene rings is 3. The molecule has 5 aromatic rings. The molecule has 5 rings (SSSR count). The summed E-state index contributed by atoms with van der Waals surface area (Å²) in [6, 6.07) is 30.5. The predicted octanol–water partition coefficient (Wildman–Crippen LogP) is 4.34. The minimum absolute atomic E-state index is 0.173. The normalized spacial score (nSPS) is 11.6. The van der Waals surface area contributed by atoms with Gasteiger partial charge in [0.05, 0.1) is 0 Å². The Hall–Kier alpha value is -5.24. The summed E-state index contributed by atoms with van der Waals surface area (Å²) < 4.78 is 1.47. The molecule has 39 heavy (non-hydrogen) atoms. The maximum Gasteiger partial charge on any atom is 0.270 e. The maximum atomic E-state index is 13.9. The number of pyridine rings is 1. The summed E-state index contributed by atoms with van der Waals surface area (Å²) >= 11 is 0. The first-order chi connectivity index (χ1) is 19.0. The molecular formula is C31H27N5O3. The second-order valence-electron chi connectivity index (χ2n) is 9.10. The van der Waals surface area contributed by atoms with E-state index in [0.29, 0.717) is 11.4 Å². The van der Waals surface area contributed by atoms with E-state index in [2.05, 4.69) is 20.7 Å². The lowest BCUT2D eigenvalue weighted by atomic mass is 9.84. The second-order valence-corrected chi connectivity index (χ2v) is 9.10. The molecule has 0 aliphatic carbocycles. The lowest BCUT2D eigenvalue weighted by Crippen LogP contribution is -2.48. The summed E-state index contributed by atoms with van der Waals surface area (Å²) in [5, 5.41) is 10.0. The summed E-state index contributed by atoms with van der Waals surface area (Å²) in [6.07, 6.45) is 3.18. The van der Waals surface area contributed by atoms with Crippen LogP contribution in [0, 0.1) is 0 Å². The van der Waals surface area contributed by atoms with Gasteiger partial charge in [0, 0.05) is 37.1 Å². The van der Waals surface area contributed by atoms with Crippen molar-refractivity contribution < 1.29 is 9.59 Å². The molecule has 194 valence electrons. The van der Waals surface area contributed by atoms with Crippen molar-refractivity contribution in [3.05, 3.63) is 143 Å². The van der Waals surface area contributed by atoms with Crippen LogP contribution >= 0.6 is 0 Å². The van der Waals surface area contributed by atoms with Gasteiger partial charge in [-0.05, 0) is 46.5 Å². The first-order valence-electron chi connectivity index (χ1n) is 12.5. The number of carbonyl (C=O) groups excluding carboxylic acids is 2. The number of H-pyrrole nitrogens is 1. The molecule has 0 aliphatic rings. The smallest absolute Gasteiger partial charge is 0.270 e. The highest BCUT2D eigenvalue weighted by Crippen LogP contribution is 2.29. The zero-order chi connectivity index (χ0) is 27.2. The van der Waals surface area contributed by atoms with E-state index >= 15 is 0 Å². The average Bonchev–Trinajstić information content (AvgIpc) is 3.40. The third kappa shape index (κ3) is 5.86. The van der Waals surface area contributed by atoms with E-state index in [0.717, 1.165) is 22.3 Å². The Morgan fingerprint density at radius 3 is 1.95 bits per heavy atom. The minimum Gasteiger partial charge on any atom is -0.338 e. The van der Waals surface area contributed by atoms with Gasteiger partial charge in [-0.2, -0.15) is 5.10 Å². The van der Waals surface area contributed by atoms with Gasteiger partial charge in [0.1, 0.15) is 11.7 Å². The highest BCUT2D eigenvalue weighted by atomic mass is 16.2. The summed E-state index contributed by atoms with van der Waals surface area (Å²) in [7, 11) is 1.68. The van der Waals surface area contributed by atoms with Crippen LogP contribution in [-0.4, -0.2) is 32.6 Å². The number of amides is 2. The predicted molar refractivity (Wildman–Crippen MR) is 150 cm³/mol. The number of hydrogen-bond acceptors (Lipinski definition) is 4. The molecule has 0 radical (unpaired) electrons. The van der Waals surface area contributed by atoms with Crippen LogP contribution < -0.4 is 16.2 Å². The number of hydrogen-bond donors (Lipinski definition) is 3. The number of nitrogens with zero attached hydrogens (tertiary/aromatic N) is 2. The number of nitrogens with one attached hydrogen (secondary N) is 3. The quantitative estimate of drug-likeness (QED) is 0.284. The zero-order valence-electron chi connectivity index (χ0n) is 21.2. The number of carbonyl (C=O) groups is 2. The average molecular weight is 518 g/mol. The van der Waals surface area contributed by atoms with Crippen molar-refractivity contribution in [1.82, 2.24) is 20.1 Å². The third-order valence-corrected chi connectivity index (χ3v) is 6.54. The molecule has 0 bridgehead atoms. The van der Waals surface area contributed by atoms with E-state index in [1.165, 1.54) is 10.7 Å². The topological polar surface area (TPSA) is 109 Å². The first kappa shape index (κ1) is 25.4.